The highest BCUT2D eigenvalue weighted by Gasteiger charge is 2.27. The third-order valence-electron chi connectivity index (χ3n) is 7.51. The molecule has 0 aromatic heterocycles. The molecule has 0 atom stereocenters. The van der Waals surface area contributed by atoms with E-state index in [0.717, 1.165) is 70.9 Å². The van der Waals surface area contributed by atoms with Crippen molar-refractivity contribution in [2.75, 3.05) is 12.3 Å². The molecule has 0 saturated carbocycles. The molecule has 4 heteroatoms. The lowest BCUT2D eigenvalue weighted by molar-refractivity contribution is 0.583. The Morgan fingerprint density at radius 3 is 0.976 bits per heavy atom. The van der Waals surface area contributed by atoms with E-state index in [0.29, 0.717) is 12.3 Å². The SMILES string of the molecule is C=C(C#CC(=C)CCCCP(=O)(c1ccccc1)c1ccccc1)CCCCP(=O)(c1ccccc1)c1ccccc1. The number of rotatable bonds is 14. The van der Waals surface area contributed by atoms with Gasteiger partial charge in [0.2, 0.25) is 0 Å². The molecule has 4 rings (SSSR count). The van der Waals surface area contributed by atoms with Gasteiger partial charge in [0.25, 0.3) is 0 Å². The molecular formula is C38H40O2P2. The van der Waals surface area contributed by atoms with Crippen LogP contribution in [-0.4, -0.2) is 12.3 Å². The van der Waals surface area contributed by atoms with Crippen molar-refractivity contribution >= 4 is 35.5 Å². The number of allylic oxidation sites excluding steroid dienone is 2. The molecule has 4 aromatic carbocycles. The third kappa shape index (κ3) is 8.46. The molecule has 0 spiro atoms. The quantitative estimate of drug-likeness (QED) is 0.0839. The average Bonchev–Trinajstić information content (AvgIpc) is 3.05. The maximum Gasteiger partial charge on any atom is 0.143 e. The topological polar surface area (TPSA) is 34.1 Å². The predicted molar refractivity (Wildman–Crippen MR) is 183 cm³/mol. The van der Waals surface area contributed by atoms with Gasteiger partial charge in [0.05, 0.1) is 0 Å². The summed E-state index contributed by atoms with van der Waals surface area (Å²) in [4.78, 5) is 0. The van der Waals surface area contributed by atoms with Crippen LogP contribution in [0, 0.1) is 11.8 Å². The number of hydrogen-bond acceptors (Lipinski definition) is 2. The summed E-state index contributed by atoms with van der Waals surface area (Å²) >= 11 is 0. The fourth-order valence-electron chi connectivity index (χ4n) is 5.14. The minimum absolute atomic E-state index is 0.629. The summed E-state index contributed by atoms with van der Waals surface area (Å²) in [6.07, 6.45) is 6.27. The van der Waals surface area contributed by atoms with E-state index in [2.05, 4.69) is 25.0 Å². The molecule has 2 nitrogen and oxygen atoms in total. The second-order valence-electron chi connectivity index (χ2n) is 10.6. The van der Waals surface area contributed by atoms with Crippen LogP contribution in [0.4, 0.5) is 0 Å². The van der Waals surface area contributed by atoms with E-state index < -0.39 is 14.3 Å². The molecule has 0 aliphatic carbocycles. The Balaban J connectivity index is 1.24. The van der Waals surface area contributed by atoms with Crippen LogP contribution in [0.1, 0.15) is 38.5 Å². The molecule has 0 amide bonds. The maximum absolute atomic E-state index is 14.1. The Morgan fingerprint density at radius 1 is 0.452 bits per heavy atom. The third-order valence-corrected chi connectivity index (χ3v) is 13.9. The highest BCUT2D eigenvalue weighted by molar-refractivity contribution is 7.79. The first-order valence-corrected chi connectivity index (χ1v) is 18.5. The van der Waals surface area contributed by atoms with Crippen LogP contribution in [0.25, 0.3) is 0 Å². The lowest BCUT2D eigenvalue weighted by atomic mass is 10.1. The van der Waals surface area contributed by atoms with E-state index >= 15 is 0 Å². The molecule has 0 N–H and O–H groups in total. The van der Waals surface area contributed by atoms with Crippen molar-refractivity contribution in [3.63, 3.8) is 0 Å². The standard InChI is InChI=1S/C38H40O2P2/c1-33(19-15-17-31-41(39,35-21-7-3-8-22-35)36-23-9-4-10-24-36)29-30-34(2)20-16-18-32-42(40,37-25-11-5-12-26-37)38-27-13-6-14-28-38/h3-14,21-28H,1-2,15-20,31-32H2. The number of benzene rings is 4. The van der Waals surface area contributed by atoms with Crippen molar-refractivity contribution in [2.45, 2.75) is 38.5 Å². The van der Waals surface area contributed by atoms with Gasteiger partial charge in [-0.15, -0.1) is 0 Å². The first-order chi connectivity index (χ1) is 20.4. The van der Waals surface area contributed by atoms with Gasteiger partial charge in [-0.05, 0) is 49.7 Å². The molecule has 42 heavy (non-hydrogen) atoms. The van der Waals surface area contributed by atoms with Crippen LogP contribution in [-0.2, 0) is 9.13 Å². The van der Waals surface area contributed by atoms with Crippen molar-refractivity contribution < 1.29 is 9.13 Å². The fraction of sp³-hybridized carbons (Fsp3) is 0.211. The molecule has 0 aliphatic heterocycles. The van der Waals surface area contributed by atoms with Crippen LogP contribution < -0.4 is 21.2 Å². The zero-order valence-electron chi connectivity index (χ0n) is 24.3. The van der Waals surface area contributed by atoms with Gasteiger partial charge < -0.3 is 9.13 Å². The Hall–Kier alpha value is -3.62. The molecular weight excluding hydrogens is 550 g/mol. The largest absolute Gasteiger partial charge is 0.314 e. The number of unbranched alkanes of at least 4 members (excludes halogenated alkanes) is 2. The molecule has 0 radical (unpaired) electrons. The zero-order valence-corrected chi connectivity index (χ0v) is 26.1. The van der Waals surface area contributed by atoms with E-state index in [4.69, 9.17) is 0 Å². The first-order valence-electron chi connectivity index (χ1n) is 14.7. The summed E-state index contributed by atoms with van der Waals surface area (Å²) in [5.74, 6) is 6.37. The molecule has 0 heterocycles. The highest BCUT2D eigenvalue weighted by atomic mass is 31.2. The van der Waals surface area contributed by atoms with Crippen molar-refractivity contribution in [3.8, 4) is 11.8 Å². The molecule has 0 aliphatic rings. The van der Waals surface area contributed by atoms with Gasteiger partial charge in [-0.3, -0.25) is 0 Å². The van der Waals surface area contributed by atoms with E-state index in [9.17, 15) is 9.13 Å². The van der Waals surface area contributed by atoms with Crippen molar-refractivity contribution in [3.05, 3.63) is 146 Å². The second-order valence-corrected chi connectivity index (χ2v) is 16.6. The summed E-state index contributed by atoms with van der Waals surface area (Å²) in [5, 5.41) is 3.65. The summed E-state index contributed by atoms with van der Waals surface area (Å²) in [6.45, 7) is 8.30. The van der Waals surface area contributed by atoms with Crippen molar-refractivity contribution in [1.29, 1.82) is 0 Å². The van der Waals surface area contributed by atoms with Crippen LogP contribution >= 0.6 is 14.3 Å². The minimum Gasteiger partial charge on any atom is -0.314 e. The normalized spacial score (nSPS) is 11.3. The maximum atomic E-state index is 14.1. The lowest BCUT2D eigenvalue weighted by Gasteiger charge is -2.19. The molecule has 0 unspecified atom stereocenters. The van der Waals surface area contributed by atoms with Gasteiger partial charge in [0.1, 0.15) is 14.3 Å². The van der Waals surface area contributed by atoms with E-state index in [-0.39, 0.29) is 0 Å². The summed E-state index contributed by atoms with van der Waals surface area (Å²) in [6, 6.07) is 39.3. The van der Waals surface area contributed by atoms with Crippen LogP contribution in [0.3, 0.4) is 0 Å². The monoisotopic (exact) mass is 590 g/mol. The summed E-state index contributed by atoms with van der Waals surface area (Å²) < 4.78 is 28.3. The van der Waals surface area contributed by atoms with E-state index in [1.54, 1.807) is 0 Å². The first kappa shape index (κ1) is 31.3. The van der Waals surface area contributed by atoms with Crippen LogP contribution in [0.15, 0.2) is 146 Å². The molecule has 0 fully saturated rings. The van der Waals surface area contributed by atoms with Gasteiger partial charge in [-0.1, -0.05) is 146 Å². The van der Waals surface area contributed by atoms with Gasteiger partial charge >= 0.3 is 0 Å². The summed E-state index contributed by atoms with van der Waals surface area (Å²) in [7, 11) is -5.36. The lowest BCUT2D eigenvalue weighted by Crippen LogP contribution is -2.18. The van der Waals surface area contributed by atoms with Gasteiger partial charge in [-0.25, -0.2) is 0 Å². The molecule has 0 bridgehead atoms. The molecule has 4 aromatic rings. The zero-order chi connectivity index (χ0) is 29.7. The Labute approximate surface area is 252 Å². The second kappa shape index (κ2) is 15.6. The van der Waals surface area contributed by atoms with Crippen molar-refractivity contribution in [2.24, 2.45) is 0 Å². The highest BCUT2D eigenvalue weighted by Crippen LogP contribution is 2.45. The fourth-order valence-corrected chi connectivity index (χ4v) is 10.7. The van der Waals surface area contributed by atoms with Gasteiger partial charge in [0, 0.05) is 33.5 Å². The van der Waals surface area contributed by atoms with E-state index in [1.807, 2.05) is 121 Å². The van der Waals surface area contributed by atoms with Crippen molar-refractivity contribution in [1.82, 2.24) is 0 Å². The summed E-state index contributed by atoms with van der Waals surface area (Å²) in [5.41, 5.74) is 1.76. The smallest absolute Gasteiger partial charge is 0.143 e. The van der Waals surface area contributed by atoms with Gasteiger partial charge in [-0.2, -0.15) is 0 Å². The van der Waals surface area contributed by atoms with Crippen LogP contribution in [0.2, 0.25) is 0 Å². The Kier molecular flexibility index (Phi) is 11.6. The molecule has 0 saturated heterocycles. The Bertz CT molecular complexity index is 1390. The molecule has 214 valence electrons. The number of hydrogen-bond donors (Lipinski definition) is 0. The van der Waals surface area contributed by atoms with Crippen LogP contribution in [0.5, 0.6) is 0 Å². The Morgan fingerprint density at radius 2 is 0.714 bits per heavy atom. The average molecular weight is 591 g/mol. The van der Waals surface area contributed by atoms with E-state index in [1.165, 1.54) is 0 Å². The predicted octanol–water partition coefficient (Wildman–Crippen LogP) is 8.47. The minimum atomic E-state index is -2.68. The van der Waals surface area contributed by atoms with Gasteiger partial charge in [0.15, 0.2) is 0 Å².